The van der Waals surface area contributed by atoms with Gasteiger partial charge in [0.05, 0.1) is 0 Å². The van der Waals surface area contributed by atoms with Gasteiger partial charge in [-0.3, -0.25) is 4.98 Å². The quantitative estimate of drug-likeness (QED) is 0.174. The van der Waals surface area contributed by atoms with Crippen LogP contribution in [0.4, 0.5) is 0 Å². The molecule has 0 saturated heterocycles. The van der Waals surface area contributed by atoms with Crippen molar-refractivity contribution in [2.24, 2.45) is 0 Å². The summed E-state index contributed by atoms with van der Waals surface area (Å²) < 4.78 is 15.5. The van der Waals surface area contributed by atoms with Gasteiger partial charge in [0.25, 0.3) is 0 Å². The smallest absolute Gasteiger partial charge is 0.165 e. The summed E-state index contributed by atoms with van der Waals surface area (Å²) in [5.41, 5.74) is 10.3. The Bertz CT molecular complexity index is 3530. The van der Waals surface area contributed by atoms with Crippen LogP contribution in [0.15, 0.2) is 179 Å². The molecule has 266 valence electrons. The van der Waals surface area contributed by atoms with Crippen molar-refractivity contribution in [2.45, 2.75) is 0 Å². The summed E-state index contributed by atoms with van der Waals surface area (Å²) in [5.74, 6) is 1.67. The number of hydrogen-bond donors (Lipinski definition) is 0. The summed E-state index contributed by atoms with van der Waals surface area (Å²) in [6, 6.07) is 54.5. The van der Waals surface area contributed by atoms with E-state index in [-0.39, 0.29) is 0 Å². The van der Waals surface area contributed by atoms with E-state index in [0.29, 0.717) is 17.5 Å². The highest BCUT2D eigenvalue weighted by molar-refractivity contribution is 7.25. The van der Waals surface area contributed by atoms with Crippen molar-refractivity contribution in [1.82, 2.24) is 19.9 Å². The van der Waals surface area contributed by atoms with E-state index < -0.39 is 0 Å². The number of thiophene rings is 1. The van der Waals surface area contributed by atoms with Gasteiger partial charge < -0.3 is 8.83 Å². The van der Waals surface area contributed by atoms with E-state index in [1.54, 1.807) is 12.4 Å². The van der Waals surface area contributed by atoms with Crippen molar-refractivity contribution in [3.63, 3.8) is 0 Å². The van der Waals surface area contributed by atoms with Crippen molar-refractivity contribution in [3.8, 4) is 56.4 Å². The molecular formula is C50H28N4O2S. The van der Waals surface area contributed by atoms with Crippen molar-refractivity contribution in [1.29, 1.82) is 0 Å². The highest BCUT2D eigenvalue weighted by atomic mass is 32.1. The van der Waals surface area contributed by atoms with Gasteiger partial charge >= 0.3 is 0 Å². The Balaban J connectivity index is 0.991. The summed E-state index contributed by atoms with van der Waals surface area (Å²) in [6.07, 6.45) is 3.52. The highest BCUT2D eigenvalue weighted by Crippen LogP contribution is 2.46. The van der Waals surface area contributed by atoms with Crippen LogP contribution in [0.5, 0.6) is 0 Å². The predicted octanol–water partition coefficient (Wildman–Crippen LogP) is 13.8. The summed E-state index contributed by atoms with van der Waals surface area (Å²) in [7, 11) is 0. The molecule has 7 heteroatoms. The summed E-state index contributed by atoms with van der Waals surface area (Å²) in [6.45, 7) is 0. The Hall–Kier alpha value is -7.48. The molecule has 0 N–H and O–H groups in total. The Labute approximate surface area is 329 Å². The van der Waals surface area contributed by atoms with E-state index in [9.17, 15) is 0 Å². The van der Waals surface area contributed by atoms with Crippen LogP contribution in [0, 0.1) is 0 Å². The molecule has 0 aliphatic rings. The van der Waals surface area contributed by atoms with Crippen LogP contribution in [-0.4, -0.2) is 19.9 Å². The molecule has 12 rings (SSSR count). The van der Waals surface area contributed by atoms with Crippen molar-refractivity contribution in [3.05, 3.63) is 170 Å². The first kappa shape index (κ1) is 31.8. The van der Waals surface area contributed by atoms with Crippen LogP contribution in [0.25, 0.3) is 120 Å². The van der Waals surface area contributed by atoms with E-state index in [2.05, 4.69) is 114 Å². The zero-order valence-electron chi connectivity index (χ0n) is 30.2. The largest absolute Gasteiger partial charge is 0.456 e. The van der Waals surface area contributed by atoms with Gasteiger partial charge in [0.15, 0.2) is 17.5 Å². The Morgan fingerprint density at radius 1 is 0.386 bits per heavy atom. The fourth-order valence-corrected chi connectivity index (χ4v) is 9.33. The first-order valence-electron chi connectivity index (χ1n) is 18.8. The molecule has 0 saturated carbocycles. The lowest BCUT2D eigenvalue weighted by molar-refractivity contribution is 0.669. The standard InChI is InChI=1S/C50H28N4O2S/c1-4-14-40-34(10-1)35-23-22-31(27-42(35)55-40)49-52-48(53-50(54-49)32-9-8-26-51-28-32)30-20-18-29(19-21-30)33-24-25-37(46-38-11-2-5-15-41(38)56-47(33)46)36-13-7-17-44-45(36)39-12-3-6-16-43(39)57-44/h1-28H. The van der Waals surface area contributed by atoms with Crippen LogP contribution in [0.2, 0.25) is 0 Å². The zero-order chi connectivity index (χ0) is 37.5. The minimum atomic E-state index is 0.546. The van der Waals surface area contributed by atoms with Crippen LogP contribution >= 0.6 is 11.3 Å². The molecule has 0 bridgehead atoms. The van der Waals surface area contributed by atoms with Gasteiger partial charge in [0, 0.05) is 76.4 Å². The van der Waals surface area contributed by atoms with Gasteiger partial charge in [0.2, 0.25) is 0 Å². The summed E-state index contributed by atoms with van der Waals surface area (Å²) in [5, 5.41) is 6.89. The Kier molecular flexibility index (Phi) is 7.00. The highest BCUT2D eigenvalue weighted by Gasteiger charge is 2.21. The van der Waals surface area contributed by atoms with E-state index >= 15 is 0 Å². The minimum absolute atomic E-state index is 0.546. The number of furan rings is 2. The molecular weight excluding hydrogens is 721 g/mol. The molecule has 0 amide bonds. The molecule has 0 aliphatic heterocycles. The number of rotatable bonds is 5. The number of pyridine rings is 1. The summed E-state index contributed by atoms with van der Waals surface area (Å²) >= 11 is 1.84. The maximum absolute atomic E-state index is 6.73. The zero-order valence-corrected chi connectivity index (χ0v) is 31.0. The van der Waals surface area contributed by atoms with Crippen LogP contribution in [0.3, 0.4) is 0 Å². The summed E-state index contributed by atoms with van der Waals surface area (Å²) in [4.78, 5) is 19.3. The SMILES string of the molecule is c1cncc(-c2nc(-c3ccc(-c4ccc(-c5cccc6sc7ccccc7c56)c5c4oc4ccccc45)cc3)nc(-c3ccc4c(c3)oc3ccccc34)n2)c1. The fourth-order valence-electron chi connectivity index (χ4n) is 8.20. The third-order valence-electron chi connectivity index (χ3n) is 10.9. The lowest BCUT2D eigenvalue weighted by Crippen LogP contribution is -2.00. The van der Waals surface area contributed by atoms with Crippen LogP contribution < -0.4 is 0 Å². The molecule has 0 aliphatic carbocycles. The maximum atomic E-state index is 6.73. The maximum Gasteiger partial charge on any atom is 0.165 e. The second-order valence-electron chi connectivity index (χ2n) is 14.2. The normalized spacial score (nSPS) is 11.9. The second kappa shape index (κ2) is 12.5. The molecule has 5 aromatic heterocycles. The average Bonchev–Trinajstić information content (AvgIpc) is 3.98. The number of hydrogen-bond acceptors (Lipinski definition) is 7. The minimum Gasteiger partial charge on any atom is -0.456 e. The van der Waals surface area contributed by atoms with Gasteiger partial charge in [-0.25, -0.2) is 15.0 Å². The van der Waals surface area contributed by atoms with Crippen molar-refractivity contribution < 1.29 is 8.83 Å². The lowest BCUT2D eigenvalue weighted by atomic mass is 9.92. The fraction of sp³-hybridized carbons (Fsp3) is 0. The Morgan fingerprint density at radius 2 is 1.02 bits per heavy atom. The molecule has 0 spiro atoms. The molecule has 5 heterocycles. The molecule has 0 fully saturated rings. The van der Waals surface area contributed by atoms with Crippen LogP contribution in [-0.2, 0) is 0 Å². The predicted molar refractivity (Wildman–Crippen MR) is 232 cm³/mol. The van der Waals surface area contributed by atoms with E-state index in [4.69, 9.17) is 23.8 Å². The molecule has 0 radical (unpaired) electrons. The van der Waals surface area contributed by atoms with Gasteiger partial charge in [-0.05, 0) is 71.3 Å². The van der Waals surface area contributed by atoms with Gasteiger partial charge in [0.1, 0.15) is 22.3 Å². The molecule has 0 atom stereocenters. The number of benzene rings is 7. The Morgan fingerprint density at radius 3 is 1.84 bits per heavy atom. The average molecular weight is 749 g/mol. The molecule has 7 aromatic carbocycles. The second-order valence-corrected chi connectivity index (χ2v) is 15.3. The first-order chi connectivity index (χ1) is 28.2. The van der Waals surface area contributed by atoms with E-state index in [1.165, 1.54) is 25.7 Å². The van der Waals surface area contributed by atoms with Crippen molar-refractivity contribution in [2.75, 3.05) is 0 Å². The number of aromatic nitrogens is 4. The monoisotopic (exact) mass is 748 g/mol. The third kappa shape index (κ3) is 5.10. The first-order valence-corrected chi connectivity index (χ1v) is 19.6. The number of fused-ring (bicyclic) bond motifs is 9. The number of para-hydroxylation sites is 2. The van der Waals surface area contributed by atoms with E-state index in [1.807, 2.05) is 59.9 Å². The van der Waals surface area contributed by atoms with Crippen LogP contribution in [0.1, 0.15) is 0 Å². The van der Waals surface area contributed by atoms with Gasteiger partial charge in [-0.15, -0.1) is 11.3 Å². The third-order valence-corrected chi connectivity index (χ3v) is 12.0. The van der Waals surface area contributed by atoms with Gasteiger partial charge in [-0.2, -0.15) is 0 Å². The number of nitrogens with zero attached hydrogens (tertiary/aromatic N) is 4. The topological polar surface area (TPSA) is 77.8 Å². The van der Waals surface area contributed by atoms with Gasteiger partial charge in [-0.1, -0.05) is 103 Å². The van der Waals surface area contributed by atoms with Crippen molar-refractivity contribution >= 4 is 75.4 Å². The molecule has 0 unspecified atom stereocenters. The molecule has 6 nitrogen and oxygen atoms in total. The van der Waals surface area contributed by atoms with E-state index in [0.717, 1.165) is 77.3 Å². The molecule has 57 heavy (non-hydrogen) atoms. The molecule has 12 aromatic rings. The lowest BCUT2D eigenvalue weighted by Gasteiger charge is -2.11.